The first-order valence-electron chi connectivity index (χ1n) is 5.69. The van der Waals surface area contributed by atoms with Crippen LogP contribution in [-0.4, -0.2) is 6.54 Å². The monoisotopic (exact) mass is 227 g/mol. The topological polar surface area (TPSA) is 26.0 Å². The van der Waals surface area contributed by atoms with Gasteiger partial charge in [-0.25, -0.2) is 8.78 Å². The fraction of sp³-hybridized carbons (Fsp3) is 0.538. The van der Waals surface area contributed by atoms with E-state index in [1.54, 1.807) is 18.2 Å². The maximum Gasteiger partial charge on any atom is 0.273 e. The normalized spacial score (nSPS) is 13.8. The third kappa shape index (κ3) is 3.89. The Morgan fingerprint density at radius 2 is 1.81 bits per heavy atom. The van der Waals surface area contributed by atoms with Crippen molar-refractivity contribution < 1.29 is 8.78 Å². The molecule has 1 atom stereocenters. The maximum absolute atomic E-state index is 13.7. The average Bonchev–Trinajstić information content (AvgIpc) is 2.28. The highest BCUT2D eigenvalue weighted by Gasteiger charge is 2.30. The molecule has 1 rings (SSSR count). The van der Waals surface area contributed by atoms with E-state index in [-0.39, 0.29) is 17.9 Å². The number of alkyl halides is 2. The molecule has 1 aromatic carbocycles. The van der Waals surface area contributed by atoms with Crippen LogP contribution in [0.5, 0.6) is 0 Å². The Bertz CT molecular complexity index is 298. The van der Waals surface area contributed by atoms with Crippen LogP contribution in [0, 0.1) is 5.92 Å². The lowest BCUT2D eigenvalue weighted by atomic mass is 9.96. The van der Waals surface area contributed by atoms with Gasteiger partial charge in [-0.15, -0.1) is 0 Å². The second-order valence-electron chi connectivity index (χ2n) is 4.29. The van der Waals surface area contributed by atoms with E-state index in [0.29, 0.717) is 13.0 Å². The van der Waals surface area contributed by atoms with Gasteiger partial charge in [-0.2, -0.15) is 0 Å². The van der Waals surface area contributed by atoms with Gasteiger partial charge in [-0.1, -0.05) is 37.3 Å². The van der Waals surface area contributed by atoms with Gasteiger partial charge in [0.1, 0.15) is 0 Å². The van der Waals surface area contributed by atoms with E-state index in [2.05, 4.69) is 0 Å². The molecule has 0 saturated heterocycles. The Morgan fingerprint density at radius 1 is 1.19 bits per heavy atom. The lowest BCUT2D eigenvalue weighted by Crippen LogP contribution is -2.15. The summed E-state index contributed by atoms with van der Waals surface area (Å²) in [6.07, 6.45) is 1.22. The Balaban J connectivity index is 2.52. The number of hydrogen-bond donors (Lipinski definition) is 1. The van der Waals surface area contributed by atoms with Crippen molar-refractivity contribution in [2.75, 3.05) is 6.54 Å². The average molecular weight is 227 g/mol. The van der Waals surface area contributed by atoms with Crippen molar-refractivity contribution in [3.8, 4) is 0 Å². The minimum atomic E-state index is -2.72. The van der Waals surface area contributed by atoms with Crippen molar-refractivity contribution in [2.24, 2.45) is 11.7 Å². The van der Waals surface area contributed by atoms with E-state index in [1.807, 2.05) is 6.92 Å². The Labute approximate surface area is 95.7 Å². The predicted octanol–water partition coefficient (Wildman–Crippen LogP) is 3.54. The van der Waals surface area contributed by atoms with E-state index in [4.69, 9.17) is 5.73 Å². The molecule has 0 aromatic heterocycles. The van der Waals surface area contributed by atoms with Gasteiger partial charge in [0.15, 0.2) is 0 Å². The molecule has 0 saturated carbocycles. The SMILES string of the molecule is CC(CCN)CCC(F)(F)c1ccccc1. The highest BCUT2D eigenvalue weighted by Crippen LogP contribution is 2.34. The van der Waals surface area contributed by atoms with E-state index >= 15 is 0 Å². The van der Waals surface area contributed by atoms with Crippen molar-refractivity contribution in [1.29, 1.82) is 0 Å². The number of halogens is 2. The van der Waals surface area contributed by atoms with Crippen LogP contribution >= 0.6 is 0 Å². The fourth-order valence-electron chi connectivity index (χ4n) is 1.68. The molecule has 1 unspecified atom stereocenters. The summed E-state index contributed by atoms with van der Waals surface area (Å²) >= 11 is 0. The highest BCUT2D eigenvalue weighted by atomic mass is 19.3. The van der Waals surface area contributed by atoms with Crippen molar-refractivity contribution in [1.82, 2.24) is 0 Å². The van der Waals surface area contributed by atoms with E-state index in [0.717, 1.165) is 6.42 Å². The molecule has 0 heterocycles. The third-order valence-corrected chi connectivity index (χ3v) is 2.81. The Hall–Kier alpha value is -0.960. The molecule has 0 fully saturated rings. The molecule has 0 aliphatic rings. The van der Waals surface area contributed by atoms with Crippen LogP contribution < -0.4 is 5.73 Å². The second kappa shape index (κ2) is 5.94. The largest absolute Gasteiger partial charge is 0.330 e. The first-order chi connectivity index (χ1) is 7.56. The van der Waals surface area contributed by atoms with Crippen LogP contribution in [0.1, 0.15) is 31.7 Å². The molecule has 0 amide bonds. The fourth-order valence-corrected chi connectivity index (χ4v) is 1.68. The van der Waals surface area contributed by atoms with Gasteiger partial charge in [0.05, 0.1) is 0 Å². The molecular weight excluding hydrogens is 208 g/mol. The number of hydrogen-bond acceptors (Lipinski definition) is 1. The number of nitrogens with two attached hydrogens (primary N) is 1. The highest BCUT2D eigenvalue weighted by molar-refractivity contribution is 5.19. The number of rotatable bonds is 6. The minimum Gasteiger partial charge on any atom is -0.330 e. The molecule has 2 N–H and O–H groups in total. The summed E-state index contributed by atoms with van der Waals surface area (Å²) in [5.41, 5.74) is 5.50. The van der Waals surface area contributed by atoms with Gasteiger partial charge < -0.3 is 5.73 Å². The van der Waals surface area contributed by atoms with E-state index in [1.165, 1.54) is 12.1 Å². The number of benzene rings is 1. The first kappa shape index (κ1) is 13.1. The van der Waals surface area contributed by atoms with Gasteiger partial charge in [0.2, 0.25) is 0 Å². The van der Waals surface area contributed by atoms with Crippen molar-refractivity contribution >= 4 is 0 Å². The molecule has 0 spiro atoms. The van der Waals surface area contributed by atoms with Crippen molar-refractivity contribution in [3.63, 3.8) is 0 Å². The van der Waals surface area contributed by atoms with Crippen LogP contribution in [-0.2, 0) is 5.92 Å². The van der Waals surface area contributed by atoms with Gasteiger partial charge >= 0.3 is 0 Å². The quantitative estimate of drug-likeness (QED) is 0.790. The van der Waals surface area contributed by atoms with Crippen LogP contribution in [0.2, 0.25) is 0 Å². The van der Waals surface area contributed by atoms with Crippen LogP contribution in [0.15, 0.2) is 30.3 Å². The summed E-state index contributed by atoms with van der Waals surface area (Å²) in [5, 5.41) is 0. The zero-order valence-electron chi connectivity index (χ0n) is 9.63. The Morgan fingerprint density at radius 3 is 2.38 bits per heavy atom. The van der Waals surface area contributed by atoms with E-state index in [9.17, 15) is 8.78 Å². The maximum atomic E-state index is 13.7. The van der Waals surface area contributed by atoms with Crippen LogP contribution in [0.3, 0.4) is 0 Å². The summed E-state index contributed by atoms with van der Waals surface area (Å²) in [6, 6.07) is 8.00. The molecule has 0 radical (unpaired) electrons. The van der Waals surface area contributed by atoms with Crippen LogP contribution in [0.4, 0.5) is 8.78 Å². The molecule has 16 heavy (non-hydrogen) atoms. The smallest absolute Gasteiger partial charge is 0.273 e. The van der Waals surface area contributed by atoms with Gasteiger partial charge in [0, 0.05) is 12.0 Å². The standard InChI is InChI=1S/C13H19F2N/c1-11(8-10-16)7-9-13(14,15)12-5-3-2-4-6-12/h2-6,11H,7-10,16H2,1H3. The lowest BCUT2D eigenvalue weighted by molar-refractivity contribution is -0.0188. The summed E-state index contributed by atoms with van der Waals surface area (Å²) < 4.78 is 27.5. The molecular formula is C13H19F2N. The molecule has 1 nitrogen and oxygen atoms in total. The molecule has 1 aromatic rings. The van der Waals surface area contributed by atoms with Crippen LogP contribution in [0.25, 0.3) is 0 Å². The first-order valence-corrected chi connectivity index (χ1v) is 5.69. The Kier molecular flexibility index (Phi) is 4.87. The molecule has 3 heteroatoms. The summed E-state index contributed by atoms with van der Waals surface area (Å²) in [7, 11) is 0. The summed E-state index contributed by atoms with van der Waals surface area (Å²) in [6.45, 7) is 2.53. The molecule has 90 valence electrons. The molecule has 0 aliphatic heterocycles. The van der Waals surface area contributed by atoms with Crippen molar-refractivity contribution in [3.05, 3.63) is 35.9 Å². The minimum absolute atomic E-state index is 0.0990. The van der Waals surface area contributed by atoms with Gasteiger partial charge in [0.25, 0.3) is 5.92 Å². The van der Waals surface area contributed by atoms with Crippen molar-refractivity contribution in [2.45, 2.75) is 32.1 Å². The summed E-state index contributed by atoms with van der Waals surface area (Å²) in [5.74, 6) is -2.45. The predicted molar refractivity (Wildman–Crippen MR) is 62.4 cm³/mol. The third-order valence-electron chi connectivity index (χ3n) is 2.81. The zero-order valence-corrected chi connectivity index (χ0v) is 9.63. The molecule has 0 bridgehead atoms. The summed E-state index contributed by atoms with van der Waals surface area (Å²) in [4.78, 5) is 0. The van der Waals surface area contributed by atoms with Gasteiger partial charge in [-0.3, -0.25) is 0 Å². The van der Waals surface area contributed by atoms with E-state index < -0.39 is 5.92 Å². The lowest BCUT2D eigenvalue weighted by Gasteiger charge is -2.18. The second-order valence-corrected chi connectivity index (χ2v) is 4.29. The molecule has 0 aliphatic carbocycles. The zero-order chi connectivity index (χ0) is 12.0. The van der Waals surface area contributed by atoms with Gasteiger partial charge in [-0.05, 0) is 25.3 Å².